The molecule has 1 rings (SSSR count). The van der Waals surface area contributed by atoms with Gasteiger partial charge in [-0.05, 0) is 6.92 Å². The number of nitrogens with two attached hydrogens (primary N) is 1. The lowest BCUT2D eigenvalue weighted by atomic mass is 10.2. The molecule has 0 aromatic heterocycles. The van der Waals surface area contributed by atoms with Crippen LogP contribution in [0.1, 0.15) is 6.92 Å². The zero-order chi connectivity index (χ0) is 13.0. The van der Waals surface area contributed by atoms with Crippen LogP contribution in [0.3, 0.4) is 0 Å². The monoisotopic (exact) mass is 242 g/mol. The van der Waals surface area contributed by atoms with E-state index in [2.05, 4.69) is 0 Å². The first kappa shape index (κ1) is 13.6. The van der Waals surface area contributed by atoms with Crippen LogP contribution in [0.25, 0.3) is 0 Å². The minimum Gasteiger partial charge on any atom is -0.495 e. The van der Waals surface area contributed by atoms with E-state index in [1.54, 1.807) is 25.1 Å². The van der Waals surface area contributed by atoms with Crippen LogP contribution >= 0.6 is 0 Å². The number of ether oxygens (including phenoxy) is 2. The average molecular weight is 242 g/mol. The number of hydrogen-bond acceptors (Lipinski definition) is 4. The van der Waals surface area contributed by atoms with Crippen molar-refractivity contribution in [2.75, 3.05) is 38.5 Å². The molecule has 4 nitrogen and oxygen atoms in total. The van der Waals surface area contributed by atoms with Gasteiger partial charge >= 0.3 is 0 Å². The summed E-state index contributed by atoms with van der Waals surface area (Å²) in [6.07, 6.45) is 0. The first-order chi connectivity index (χ1) is 8.01. The molecule has 0 aliphatic rings. The number of anilines is 2. The third-order valence-electron chi connectivity index (χ3n) is 2.75. The lowest BCUT2D eigenvalue weighted by molar-refractivity contribution is 0.183. The Hall–Kier alpha value is -1.49. The molecule has 0 bridgehead atoms. The zero-order valence-electron chi connectivity index (χ0n) is 10.7. The van der Waals surface area contributed by atoms with Crippen LogP contribution in [0.2, 0.25) is 0 Å². The topological polar surface area (TPSA) is 47.7 Å². The highest BCUT2D eigenvalue weighted by Crippen LogP contribution is 2.30. The Morgan fingerprint density at radius 2 is 2.06 bits per heavy atom. The lowest BCUT2D eigenvalue weighted by Crippen LogP contribution is -2.33. The summed E-state index contributed by atoms with van der Waals surface area (Å²) >= 11 is 0. The summed E-state index contributed by atoms with van der Waals surface area (Å²) in [6.45, 7) is 2.47. The van der Waals surface area contributed by atoms with Gasteiger partial charge < -0.3 is 20.1 Å². The number of nitrogen functional groups attached to an aromatic ring is 1. The fourth-order valence-electron chi connectivity index (χ4n) is 1.60. The molecule has 0 fully saturated rings. The van der Waals surface area contributed by atoms with E-state index < -0.39 is 0 Å². The van der Waals surface area contributed by atoms with Crippen molar-refractivity contribution in [3.05, 3.63) is 17.9 Å². The normalized spacial score (nSPS) is 12.3. The van der Waals surface area contributed by atoms with Crippen LogP contribution in [-0.4, -0.2) is 33.9 Å². The first-order valence-corrected chi connectivity index (χ1v) is 5.36. The van der Waals surface area contributed by atoms with Crippen molar-refractivity contribution in [2.24, 2.45) is 0 Å². The van der Waals surface area contributed by atoms with Gasteiger partial charge in [-0.2, -0.15) is 0 Å². The van der Waals surface area contributed by atoms with Gasteiger partial charge in [-0.1, -0.05) is 0 Å². The number of methoxy groups -OCH3 is 2. The fraction of sp³-hybridized carbons (Fsp3) is 0.500. The largest absolute Gasteiger partial charge is 0.495 e. The molecule has 5 heteroatoms. The Kier molecular flexibility index (Phi) is 4.57. The summed E-state index contributed by atoms with van der Waals surface area (Å²) in [5.74, 6) is 0.103. The summed E-state index contributed by atoms with van der Waals surface area (Å²) in [4.78, 5) is 1.79. The molecule has 0 aliphatic heterocycles. The van der Waals surface area contributed by atoms with Gasteiger partial charge in [0.1, 0.15) is 11.6 Å². The van der Waals surface area contributed by atoms with E-state index in [0.717, 1.165) is 0 Å². The first-order valence-electron chi connectivity index (χ1n) is 5.36. The van der Waals surface area contributed by atoms with E-state index in [4.69, 9.17) is 15.2 Å². The minimum absolute atomic E-state index is 0.0582. The van der Waals surface area contributed by atoms with Crippen molar-refractivity contribution in [2.45, 2.75) is 13.0 Å². The molecule has 0 heterocycles. The van der Waals surface area contributed by atoms with E-state index in [0.29, 0.717) is 23.7 Å². The van der Waals surface area contributed by atoms with Crippen molar-refractivity contribution >= 4 is 11.4 Å². The molecule has 0 radical (unpaired) electrons. The van der Waals surface area contributed by atoms with Crippen molar-refractivity contribution in [3.63, 3.8) is 0 Å². The van der Waals surface area contributed by atoms with Gasteiger partial charge in [-0.25, -0.2) is 4.39 Å². The number of hydrogen-bond donors (Lipinski definition) is 1. The Balaban J connectivity index is 3.04. The van der Waals surface area contributed by atoms with Crippen molar-refractivity contribution in [1.82, 2.24) is 0 Å². The average Bonchev–Trinajstić information content (AvgIpc) is 2.29. The maximum absolute atomic E-state index is 13.8. The van der Waals surface area contributed by atoms with Gasteiger partial charge in [0.15, 0.2) is 0 Å². The molecular formula is C12H19FN2O2. The molecule has 1 atom stereocenters. The highest BCUT2D eigenvalue weighted by Gasteiger charge is 2.16. The molecule has 0 saturated heterocycles. The van der Waals surface area contributed by atoms with Crippen LogP contribution < -0.4 is 15.4 Å². The molecule has 0 aliphatic carbocycles. The van der Waals surface area contributed by atoms with Gasteiger partial charge in [-0.3, -0.25) is 0 Å². The summed E-state index contributed by atoms with van der Waals surface area (Å²) in [6, 6.07) is 2.92. The van der Waals surface area contributed by atoms with E-state index in [-0.39, 0.29) is 11.9 Å². The van der Waals surface area contributed by atoms with E-state index >= 15 is 0 Å². The highest BCUT2D eigenvalue weighted by molar-refractivity contribution is 5.63. The number of halogens is 1. The predicted molar refractivity (Wildman–Crippen MR) is 67.1 cm³/mol. The fourth-order valence-corrected chi connectivity index (χ4v) is 1.60. The highest BCUT2D eigenvalue weighted by atomic mass is 19.1. The predicted octanol–water partition coefficient (Wildman–Crippen LogP) is 1.89. The maximum Gasteiger partial charge on any atom is 0.148 e. The van der Waals surface area contributed by atoms with Crippen molar-refractivity contribution < 1.29 is 13.9 Å². The Bertz CT molecular complexity index is 385. The second-order valence-corrected chi connectivity index (χ2v) is 3.96. The Morgan fingerprint density at radius 3 is 2.59 bits per heavy atom. The molecule has 17 heavy (non-hydrogen) atoms. The SMILES string of the molecule is COCC(C)N(C)c1cc(OC)c(N)cc1F. The molecule has 0 spiro atoms. The third kappa shape index (κ3) is 3.00. The third-order valence-corrected chi connectivity index (χ3v) is 2.75. The number of nitrogens with zero attached hydrogens (tertiary/aromatic N) is 1. The molecule has 1 aromatic rings. The van der Waals surface area contributed by atoms with E-state index in [9.17, 15) is 4.39 Å². The zero-order valence-corrected chi connectivity index (χ0v) is 10.7. The van der Waals surface area contributed by atoms with Crippen LogP contribution in [0, 0.1) is 5.82 Å². The van der Waals surface area contributed by atoms with Gasteiger partial charge in [0, 0.05) is 32.3 Å². The van der Waals surface area contributed by atoms with Crippen molar-refractivity contribution in [1.29, 1.82) is 0 Å². The van der Waals surface area contributed by atoms with Gasteiger partial charge in [-0.15, -0.1) is 0 Å². The van der Waals surface area contributed by atoms with Crippen LogP contribution in [0.5, 0.6) is 5.75 Å². The van der Waals surface area contributed by atoms with Crippen LogP contribution in [0.15, 0.2) is 12.1 Å². The van der Waals surface area contributed by atoms with Gasteiger partial charge in [0.2, 0.25) is 0 Å². The van der Waals surface area contributed by atoms with E-state index in [1.165, 1.54) is 13.2 Å². The van der Waals surface area contributed by atoms with Crippen LogP contribution in [0.4, 0.5) is 15.8 Å². The lowest BCUT2D eigenvalue weighted by Gasteiger charge is -2.27. The molecule has 2 N–H and O–H groups in total. The second-order valence-electron chi connectivity index (χ2n) is 3.96. The molecule has 1 aromatic carbocycles. The smallest absolute Gasteiger partial charge is 0.148 e. The molecular weight excluding hydrogens is 223 g/mol. The minimum atomic E-state index is -0.367. The number of rotatable bonds is 5. The molecule has 1 unspecified atom stereocenters. The van der Waals surface area contributed by atoms with Crippen molar-refractivity contribution in [3.8, 4) is 5.75 Å². The quantitative estimate of drug-likeness (QED) is 0.801. The molecule has 0 saturated carbocycles. The van der Waals surface area contributed by atoms with Gasteiger partial charge in [0.25, 0.3) is 0 Å². The standard InChI is InChI=1S/C12H19FN2O2/c1-8(7-16-3)15(2)11-6-12(17-4)10(14)5-9(11)13/h5-6,8H,7,14H2,1-4H3. The Morgan fingerprint density at radius 1 is 1.41 bits per heavy atom. The summed E-state index contributed by atoms with van der Waals surface area (Å²) in [5.41, 5.74) is 6.37. The number of benzene rings is 1. The van der Waals surface area contributed by atoms with Crippen LogP contribution in [-0.2, 0) is 4.74 Å². The molecule has 96 valence electrons. The summed E-state index contributed by atoms with van der Waals surface area (Å²) < 4.78 is 23.9. The Labute approximate surface area is 101 Å². The molecule has 0 amide bonds. The summed E-state index contributed by atoms with van der Waals surface area (Å²) in [5, 5.41) is 0. The second kappa shape index (κ2) is 5.72. The number of likely N-dealkylation sites (N-methyl/N-ethyl adjacent to an activating group) is 1. The van der Waals surface area contributed by atoms with E-state index in [1.807, 2.05) is 6.92 Å². The summed E-state index contributed by atoms with van der Waals surface area (Å²) in [7, 11) is 4.92. The maximum atomic E-state index is 13.8. The van der Waals surface area contributed by atoms with Gasteiger partial charge in [0.05, 0.1) is 25.1 Å².